The summed E-state index contributed by atoms with van der Waals surface area (Å²) in [5.74, 6) is 0.00392. The van der Waals surface area contributed by atoms with E-state index in [1.54, 1.807) is 7.11 Å². The van der Waals surface area contributed by atoms with Crippen molar-refractivity contribution in [3.05, 3.63) is 29.0 Å². The summed E-state index contributed by atoms with van der Waals surface area (Å²) in [6, 6.07) is 7.88. The topological polar surface area (TPSA) is 59.0 Å². The molecule has 1 amide bonds. The molecule has 19 heavy (non-hydrogen) atoms. The Labute approximate surface area is 116 Å². The maximum absolute atomic E-state index is 11.6. The predicted molar refractivity (Wildman–Crippen MR) is 76.6 cm³/mol. The highest BCUT2D eigenvalue weighted by Gasteiger charge is 2.06. The second kappa shape index (κ2) is 6.49. The van der Waals surface area contributed by atoms with E-state index in [1.807, 2.05) is 28.8 Å². The van der Waals surface area contributed by atoms with Crippen molar-refractivity contribution in [2.24, 2.45) is 0 Å². The number of hydrogen-bond donors (Lipinski definition) is 2. The number of rotatable bonds is 6. The fraction of sp³-hybridized carbons (Fsp3) is 0.385. The molecule has 0 unspecified atom stereocenters. The SMILES string of the molecule is COCCNC(=O)CCn1c(=S)[nH]c2ccccc21. The van der Waals surface area contributed by atoms with E-state index in [0.29, 0.717) is 30.9 Å². The molecule has 1 aromatic carbocycles. The molecule has 2 N–H and O–H groups in total. The summed E-state index contributed by atoms with van der Waals surface area (Å²) in [6.45, 7) is 1.63. The molecule has 6 heteroatoms. The molecule has 0 fully saturated rings. The van der Waals surface area contributed by atoms with Crippen LogP contribution in [0.2, 0.25) is 0 Å². The molecule has 2 aromatic rings. The van der Waals surface area contributed by atoms with Crippen LogP contribution in [0.3, 0.4) is 0 Å². The molecule has 0 bridgehead atoms. The molecule has 0 atom stereocenters. The smallest absolute Gasteiger partial charge is 0.221 e. The van der Waals surface area contributed by atoms with Crippen molar-refractivity contribution in [1.29, 1.82) is 0 Å². The van der Waals surface area contributed by atoms with Crippen LogP contribution in [-0.4, -0.2) is 35.7 Å². The van der Waals surface area contributed by atoms with E-state index in [-0.39, 0.29) is 5.91 Å². The van der Waals surface area contributed by atoms with Crippen molar-refractivity contribution in [3.63, 3.8) is 0 Å². The lowest BCUT2D eigenvalue weighted by Gasteiger charge is -2.06. The standard InChI is InChI=1S/C13H17N3O2S/c1-18-9-7-14-12(17)6-8-16-11-5-3-2-4-10(11)15-13(16)19/h2-5H,6-9H2,1H3,(H,14,17)(H,15,19). The summed E-state index contributed by atoms with van der Waals surface area (Å²) in [4.78, 5) is 14.8. The second-order valence-electron chi connectivity index (χ2n) is 4.19. The molecule has 0 spiro atoms. The number of carbonyl (C=O) groups excluding carboxylic acids is 1. The van der Waals surface area contributed by atoms with E-state index in [4.69, 9.17) is 17.0 Å². The number of nitrogens with one attached hydrogen (secondary N) is 2. The molecule has 0 aliphatic carbocycles. The minimum Gasteiger partial charge on any atom is -0.383 e. The number of H-pyrrole nitrogens is 1. The minimum atomic E-state index is 0.00392. The molecule has 0 saturated heterocycles. The quantitative estimate of drug-likeness (QED) is 0.627. The van der Waals surface area contributed by atoms with Gasteiger partial charge in [-0.15, -0.1) is 0 Å². The monoisotopic (exact) mass is 279 g/mol. The van der Waals surface area contributed by atoms with Gasteiger partial charge < -0.3 is 19.6 Å². The van der Waals surface area contributed by atoms with Crippen molar-refractivity contribution < 1.29 is 9.53 Å². The molecule has 102 valence electrons. The number of fused-ring (bicyclic) bond motifs is 1. The first-order valence-corrected chi connectivity index (χ1v) is 6.56. The lowest BCUT2D eigenvalue weighted by atomic mass is 10.3. The maximum atomic E-state index is 11.6. The Bertz CT molecular complexity index is 618. The van der Waals surface area contributed by atoms with Gasteiger partial charge in [0.05, 0.1) is 17.6 Å². The van der Waals surface area contributed by atoms with Crippen LogP contribution in [0.25, 0.3) is 11.0 Å². The number of ether oxygens (including phenoxy) is 1. The van der Waals surface area contributed by atoms with E-state index in [9.17, 15) is 4.79 Å². The molecule has 0 aliphatic rings. The van der Waals surface area contributed by atoms with E-state index < -0.39 is 0 Å². The summed E-state index contributed by atoms with van der Waals surface area (Å²) < 4.78 is 7.47. The second-order valence-corrected chi connectivity index (χ2v) is 4.58. The normalized spacial score (nSPS) is 10.8. The Morgan fingerprint density at radius 2 is 2.26 bits per heavy atom. The Kier molecular flexibility index (Phi) is 4.70. The zero-order chi connectivity index (χ0) is 13.7. The third kappa shape index (κ3) is 3.42. The van der Waals surface area contributed by atoms with Crippen LogP contribution in [0, 0.1) is 4.77 Å². The summed E-state index contributed by atoms with van der Waals surface area (Å²) in [6.07, 6.45) is 0.403. The van der Waals surface area contributed by atoms with Gasteiger partial charge in [-0.25, -0.2) is 0 Å². The van der Waals surface area contributed by atoms with E-state index in [2.05, 4.69) is 10.3 Å². The molecular weight excluding hydrogens is 262 g/mol. The zero-order valence-corrected chi connectivity index (χ0v) is 11.6. The van der Waals surface area contributed by atoms with Crippen LogP contribution in [0.4, 0.5) is 0 Å². The molecule has 1 aromatic heterocycles. The van der Waals surface area contributed by atoms with Crippen molar-refractivity contribution in [3.8, 4) is 0 Å². The first kappa shape index (κ1) is 13.8. The maximum Gasteiger partial charge on any atom is 0.221 e. The first-order valence-electron chi connectivity index (χ1n) is 6.15. The molecular formula is C13H17N3O2S. The number of carbonyl (C=O) groups is 1. The fourth-order valence-corrected chi connectivity index (χ4v) is 2.22. The summed E-state index contributed by atoms with van der Waals surface area (Å²) in [5.41, 5.74) is 2.02. The molecule has 0 aliphatic heterocycles. The Hall–Kier alpha value is -1.66. The van der Waals surface area contributed by atoms with Crippen LogP contribution in [0.5, 0.6) is 0 Å². The number of aryl methyl sites for hydroxylation is 1. The van der Waals surface area contributed by atoms with Gasteiger partial charge in [0.25, 0.3) is 0 Å². The van der Waals surface area contributed by atoms with Gasteiger partial charge in [-0.2, -0.15) is 0 Å². The van der Waals surface area contributed by atoms with Crippen LogP contribution >= 0.6 is 12.2 Å². The Morgan fingerprint density at radius 1 is 1.47 bits per heavy atom. The highest BCUT2D eigenvalue weighted by Crippen LogP contribution is 2.13. The van der Waals surface area contributed by atoms with Crippen LogP contribution < -0.4 is 5.32 Å². The fourth-order valence-electron chi connectivity index (χ4n) is 1.92. The van der Waals surface area contributed by atoms with Gasteiger partial charge in [0.2, 0.25) is 5.91 Å². The first-order chi connectivity index (χ1) is 9.22. The zero-order valence-electron chi connectivity index (χ0n) is 10.8. The number of para-hydroxylation sites is 2. The third-order valence-electron chi connectivity index (χ3n) is 2.87. The highest BCUT2D eigenvalue weighted by atomic mass is 32.1. The van der Waals surface area contributed by atoms with Crippen molar-refractivity contribution in [1.82, 2.24) is 14.9 Å². The molecule has 0 saturated carbocycles. The van der Waals surface area contributed by atoms with E-state index in [1.165, 1.54) is 0 Å². The van der Waals surface area contributed by atoms with Crippen LogP contribution in [0.15, 0.2) is 24.3 Å². The van der Waals surface area contributed by atoms with Gasteiger partial charge in [0.15, 0.2) is 4.77 Å². The average Bonchev–Trinajstić information content (AvgIpc) is 2.72. The lowest BCUT2D eigenvalue weighted by molar-refractivity contribution is -0.121. The van der Waals surface area contributed by atoms with Gasteiger partial charge in [0.1, 0.15) is 0 Å². The third-order valence-corrected chi connectivity index (χ3v) is 3.19. The van der Waals surface area contributed by atoms with Crippen molar-refractivity contribution in [2.45, 2.75) is 13.0 Å². The number of nitrogens with zero attached hydrogens (tertiary/aromatic N) is 1. The van der Waals surface area contributed by atoms with Gasteiger partial charge in [-0.3, -0.25) is 4.79 Å². The number of hydrogen-bond acceptors (Lipinski definition) is 3. The van der Waals surface area contributed by atoms with E-state index in [0.717, 1.165) is 11.0 Å². The number of methoxy groups -OCH3 is 1. The largest absolute Gasteiger partial charge is 0.383 e. The average molecular weight is 279 g/mol. The Morgan fingerprint density at radius 3 is 3.05 bits per heavy atom. The van der Waals surface area contributed by atoms with Crippen molar-refractivity contribution in [2.75, 3.05) is 20.3 Å². The van der Waals surface area contributed by atoms with Gasteiger partial charge >= 0.3 is 0 Å². The molecule has 5 nitrogen and oxygen atoms in total. The van der Waals surface area contributed by atoms with Crippen LogP contribution in [-0.2, 0) is 16.1 Å². The Balaban J connectivity index is 2.00. The van der Waals surface area contributed by atoms with Crippen LogP contribution in [0.1, 0.15) is 6.42 Å². The van der Waals surface area contributed by atoms with Crippen molar-refractivity contribution >= 4 is 29.2 Å². The number of aromatic nitrogens is 2. The van der Waals surface area contributed by atoms with Gasteiger partial charge in [-0.05, 0) is 24.4 Å². The van der Waals surface area contributed by atoms with E-state index >= 15 is 0 Å². The highest BCUT2D eigenvalue weighted by molar-refractivity contribution is 7.71. The molecule has 0 radical (unpaired) electrons. The summed E-state index contributed by atoms with van der Waals surface area (Å²) in [5, 5.41) is 2.79. The molecule has 1 heterocycles. The van der Waals surface area contributed by atoms with Gasteiger partial charge in [0, 0.05) is 26.6 Å². The summed E-state index contributed by atoms with van der Waals surface area (Å²) in [7, 11) is 1.61. The number of aromatic amines is 1. The number of amides is 1. The minimum absolute atomic E-state index is 0.00392. The van der Waals surface area contributed by atoms with Gasteiger partial charge in [-0.1, -0.05) is 12.1 Å². The number of benzene rings is 1. The lowest BCUT2D eigenvalue weighted by Crippen LogP contribution is -2.27. The number of imidazole rings is 1. The molecule has 2 rings (SSSR count). The predicted octanol–water partition coefficient (Wildman–Crippen LogP) is 1.85. The summed E-state index contributed by atoms with van der Waals surface area (Å²) >= 11 is 5.27.